The number of hydrogen-bond acceptors (Lipinski definition) is 4. The second-order valence-electron chi connectivity index (χ2n) is 7.27. The van der Waals surface area contributed by atoms with E-state index < -0.39 is 0 Å². The number of benzene rings is 1. The predicted octanol–water partition coefficient (Wildman–Crippen LogP) is 1.94. The van der Waals surface area contributed by atoms with Gasteiger partial charge in [0.25, 0.3) is 0 Å². The Morgan fingerprint density at radius 2 is 2.12 bits per heavy atom. The van der Waals surface area contributed by atoms with Crippen LogP contribution in [-0.4, -0.2) is 65.5 Å². The molecule has 5 nitrogen and oxygen atoms in total. The molecular formula is C19H26N4O. The van der Waals surface area contributed by atoms with Crippen LogP contribution in [0.1, 0.15) is 11.1 Å². The smallest absolute Gasteiger partial charge is 0.0648 e. The summed E-state index contributed by atoms with van der Waals surface area (Å²) in [6.07, 6.45) is 3.80. The molecule has 0 aliphatic carbocycles. The fraction of sp³-hybridized carbons (Fsp3) is 0.526. The lowest BCUT2D eigenvalue weighted by atomic mass is 10.1. The Bertz CT molecular complexity index is 685. The fourth-order valence-electron chi connectivity index (χ4n) is 4.00. The molecule has 2 atom stereocenters. The van der Waals surface area contributed by atoms with Gasteiger partial charge in [-0.25, -0.2) is 4.68 Å². The molecule has 0 radical (unpaired) electrons. The van der Waals surface area contributed by atoms with Gasteiger partial charge in [0.2, 0.25) is 0 Å². The van der Waals surface area contributed by atoms with Crippen LogP contribution >= 0.6 is 0 Å². The van der Waals surface area contributed by atoms with E-state index in [1.165, 1.54) is 11.1 Å². The van der Waals surface area contributed by atoms with Crippen molar-refractivity contribution in [1.82, 2.24) is 19.6 Å². The molecule has 5 heteroatoms. The van der Waals surface area contributed by atoms with E-state index in [-0.39, 0.29) is 0 Å². The molecular weight excluding hydrogens is 300 g/mol. The molecule has 2 aliphatic rings. The first-order chi connectivity index (χ1) is 11.7. The Morgan fingerprint density at radius 1 is 1.21 bits per heavy atom. The van der Waals surface area contributed by atoms with Gasteiger partial charge in [0, 0.05) is 50.5 Å². The van der Waals surface area contributed by atoms with E-state index in [4.69, 9.17) is 4.74 Å². The summed E-state index contributed by atoms with van der Waals surface area (Å²) in [5, 5.41) is 4.32. The molecule has 0 spiro atoms. The lowest BCUT2D eigenvalue weighted by Crippen LogP contribution is -2.42. The van der Waals surface area contributed by atoms with Gasteiger partial charge >= 0.3 is 0 Å². The van der Waals surface area contributed by atoms with Gasteiger partial charge in [-0.2, -0.15) is 5.10 Å². The number of hydrogen-bond donors (Lipinski definition) is 0. The van der Waals surface area contributed by atoms with Crippen LogP contribution in [0.5, 0.6) is 0 Å². The molecule has 24 heavy (non-hydrogen) atoms. The van der Waals surface area contributed by atoms with Gasteiger partial charge in [0.15, 0.2) is 0 Å². The Morgan fingerprint density at radius 3 is 2.92 bits per heavy atom. The third kappa shape index (κ3) is 3.24. The lowest BCUT2D eigenvalue weighted by molar-refractivity contribution is 0.0561. The van der Waals surface area contributed by atoms with Gasteiger partial charge in [-0.15, -0.1) is 0 Å². The highest BCUT2D eigenvalue weighted by Gasteiger charge is 2.32. The maximum absolute atomic E-state index is 5.90. The standard InChI is InChI=1S/C19H26N4O/c1-15-8-18(23-7-3-6-20-23)5-4-17(15)11-22-10-16-9-21(2)12-19(22)14-24-13-16/h3-8,16,19H,9-14H2,1-2H3/t16-,19-/m0/s1. The van der Waals surface area contributed by atoms with Gasteiger partial charge in [-0.3, -0.25) is 4.90 Å². The van der Waals surface area contributed by atoms with Crippen LogP contribution in [0.3, 0.4) is 0 Å². The summed E-state index contributed by atoms with van der Waals surface area (Å²) < 4.78 is 7.81. The van der Waals surface area contributed by atoms with Gasteiger partial charge in [0.05, 0.1) is 18.9 Å². The summed E-state index contributed by atoms with van der Waals surface area (Å²) in [5.74, 6) is 0.617. The molecule has 2 aromatic rings. The molecule has 3 heterocycles. The summed E-state index contributed by atoms with van der Waals surface area (Å²) in [4.78, 5) is 5.09. The Labute approximate surface area is 143 Å². The van der Waals surface area contributed by atoms with Crippen molar-refractivity contribution >= 4 is 0 Å². The molecule has 0 amide bonds. The van der Waals surface area contributed by atoms with Crippen molar-refractivity contribution in [2.75, 3.05) is 39.9 Å². The van der Waals surface area contributed by atoms with Crippen molar-refractivity contribution in [3.8, 4) is 5.69 Å². The first kappa shape index (κ1) is 15.8. The van der Waals surface area contributed by atoms with Crippen LogP contribution in [0, 0.1) is 12.8 Å². The zero-order chi connectivity index (χ0) is 16.5. The predicted molar refractivity (Wildman–Crippen MR) is 94.3 cm³/mol. The first-order valence-corrected chi connectivity index (χ1v) is 8.79. The van der Waals surface area contributed by atoms with Gasteiger partial charge < -0.3 is 9.64 Å². The number of nitrogens with zero attached hydrogens (tertiary/aromatic N) is 4. The normalized spacial score (nSPS) is 25.6. The van der Waals surface area contributed by atoms with Crippen molar-refractivity contribution in [1.29, 1.82) is 0 Å². The molecule has 1 aromatic carbocycles. The highest BCUT2D eigenvalue weighted by Crippen LogP contribution is 2.23. The van der Waals surface area contributed by atoms with Crippen LogP contribution in [-0.2, 0) is 11.3 Å². The molecule has 2 aliphatic heterocycles. The first-order valence-electron chi connectivity index (χ1n) is 8.79. The minimum Gasteiger partial charge on any atom is -0.379 e. The van der Waals surface area contributed by atoms with Crippen molar-refractivity contribution in [2.45, 2.75) is 19.5 Å². The van der Waals surface area contributed by atoms with E-state index in [2.05, 4.69) is 47.1 Å². The quantitative estimate of drug-likeness (QED) is 0.863. The van der Waals surface area contributed by atoms with Gasteiger partial charge in [-0.1, -0.05) is 6.07 Å². The highest BCUT2D eigenvalue weighted by atomic mass is 16.5. The minimum atomic E-state index is 0.493. The van der Waals surface area contributed by atoms with E-state index in [9.17, 15) is 0 Å². The summed E-state index contributed by atoms with van der Waals surface area (Å²) in [6.45, 7) is 8.33. The number of aryl methyl sites for hydroxylation is 1. The van der Waals surface area contributed by atoms with E-state index >= 15 is 0 Å². The number of likely N-dealkylation sites (N-methyl/N-ethyl adjacent to an activating group) is 1. The van der Waals surface area contributed by atoms with Gasteiger partial charge in [0.1, 0.15) is 0 Å². The molecule has 128 valence electrons. The second kappa shape index (κ2) is 6.67. The monoisotopic (exact) mass is 326 g/mol. The van der Waals surface area contributed by atoms with Crippen LogP contribution in [0.15, 0.2) is 36.7 Å². The van der Waals surface area contributed by atoms with E-state index in [1.54, 1.807) is 0 Å². The number of fused-ring (bicyclic) bond motifs is 3. The Kier molecular flexibility index (Phi) is 4.39. The number of aromatic nitrogens is 2. The van der Waals surface area contributed by atoms with Crippen LogP contribution in [0.2, 0.25) is 0 Å². The number of ether oxygens (including phenoxy) is 1. The Balaban J connectivity index is 1.54. The van der Waals surface area contributed by atoms with Crippen molar-refractivity contribution < 1.29 is 4.74 Å². The average molecular weight is 326 g/mol. The average Bonchev–Trinajstić information content (AvgIpc) is 2.96. The van der Waals surface area contributed by atoms with E-state index in [0.29, 0.717) is 12.0 Å². The van der Waals surface area contributed by atoms with Crippen molar-refractivity contribution in [3.63, 3.8) is 0 Å². The molecule has 2 saturated heterocycles. The maximum Gasteiger partial charge on any atom is 0.0648 e. The van der Waals surface area contributed by atoms with E-state index in [1.807, 2.05) is 23.1 Å². The molecule has 0 N–H and O–H groups in total. The summed E-state index contributed by atoms with van der Waals surface area (Å²) in [6, 6.07) is 9.10. The van der Waals surface area contributed by atoms with Crippen LogP contribution in [0.25, 0.3) is 5.69 Å². The SMILES string of the molecule is Cc1cc(-n2cccn2)ccc1CN1C[C@H]2COC[C@@H]1CN(C)C2. The van der Waals surface area contributed by atoms with Crippen molar-refractivity contribution in [3.05, 3.63) is 47.8 Å². The Hall–Kier alpha value is -1.69. The third-order valence-electron chi connectivity index (χ3n) is 5.23. The zero-order valence-electron chi connectivity index (χ0n) is 14.6. The molecule has 0 saturated carbocycles. The lowest BCUT2D eigenvalue weighted by Gasteiger charge is -2.30. The molecule has 2 bridgehead atoms. The molecule has 0 unspecified atom stereocenters. The topological polar surface area (TPSA) is 33.5 Å². The molecule has 4 rings (SSSR count). The zero-order valence-corrected chi connectivity index (χ0v) is 14.6. The molecule has 1 aromatic heterocycles. The maximum atomic E-state index is 5.90. The van der Waals surface area contributed by atoms with Crippen LogP contribution in [0.4, 0.5) is 0 Å². The highest BCUT2D eigenvalue weighted by molar-refractivity contribution is 5.39. The second-order valence-corrected chi connectivity index (χ2v) is 7.27. The summed E-state index contributed by atoms with van der Waals surface area (Å²) >= 11 is 0. The van der Waals surface area contributed by atoms with Gasteiger partial charge in [-0.05, 0) is 43.3 Å². The van der Waals surface area contributed by atoms with E-state index in [0.717, 1.165) is 45.1 Å². The fourth-order valence-corrected chi connectivity index (χ4v) is 4.00. The van der Waals surface area contributed by atoms with Crippen molar-refractivity contribution in [2.24, 2.45) is 5.92 Å². The summed E-state index contributed by atoms with van der Waals surface area (Å²) in [5.41, 5.74) is 3.86. The summed E-state index contributed by atoms with van der Waals surface area (Å²) in [7, 11) is 2.24. The van der Waals surface area contributed by atoms with Crippen LogP contribution < -0.4 is 0 Å². The number of rotatable bonds is 3. The largest absolute Gasteiger partial charge is 0.379 e. The minimum absolute atomic E-state index is 0.493. The third-order valence-corrected chi connectivity index (χ3v) is 5.23. The molecule has 2 fully saturated rings.